The molecule has 0 aromatic carbocycles. The molecule has 2 heterocycles. The second-order valence-electron chi connectivity index (χ2n) is 4.56. The molecule has 16 heavy (non-hydrogen) atoms. The third kappa shape index (κ3) is 2.28. The number of hydrogen-bond acceptors (Lipinski definition) is 4. The van der Waals surface area contributed by atoms with E-state index in [0.717, 1.165) is 4.88 Å². The molecule has 0 saturated carbocycles. The fourth-order valence-corrected chi connectivity index (χ4v) is 2.36. The highest BCUT2D eigenvalue weighted by Gasteiger charge is 2.18. The average Bonchev–Trinajstić information content (AvgIpc) is 2.85. The van der Waals surface area contributed by atoms with E-state index in [1.54, 1.807) is 11.3 Å². The highest BCUT2D eigenvalue weighted by Crippen LogP contribution is 2.34. The van der Waals surface area contributed by atoms with Gasteiger partial charge >= 0.3 is 0 Å². The van der Waals surface area contributed by atoms with E-state index >= 15 is 0 Å². The SMILES string of the molecule is CC(C)(C)c1ccc(-c2nc(CCl)no2)s1. The van der Waals surface area contributed by atoms with Gasteiger partial charge in [-0.2, -0.15) is 4.98 Å². The van der Waals surface area contributed by atoms with Gasteiger partial charge in [-0.15, -0.1) is 22.9 Å². The Morgan fingerprint density at radius 2 is 2.12 bits per heavy atom. The van der Waals surface area contributed by atoms with Crippen LogP contribution < -0.4 is 0 Å². The molecule has 2 aromatic heterocycles. The first-order valence-electron chi connectivity index (χ1n) is 5.00. The topological polar surface area (TPSA) is 38.9 Å². The van der Waals surface area contributed by atoms with Crippen molar-refractivity contribution in [3.8, 4) is 10.8 Å². The minimum absolute atomic E-state index is 0.151. The standard InChI is InChI=1S/C11H13ClN2OS/c1-11(2,3)8-5-4-7(16-8)10-13-9(6-12)14-15-10/h4-5H,6H2,1-3H3. The van der Waals surface area contributed by atoms with Crippen LogP contribution in [0.15, 0.2) is 16.7 Å². The number of nitrogens with zero attached hydrogens (tertiary/aromatic N) is 2. The summed E-state index contributed by atoms with van der Waals surface area (Å²) in [6.45, 7) is 6.54. The number of alkyl halides is 1. The van der Waals surface area contributed by atoms with Crippen molar-refractivity contribution in [3.63, 3.8) is 0 Å². The summed E-state index contributed by atoms with van der Waals surface area (Å²) >= 11 is 7.30. The maximum atomic E-state index is 5.62. The Balaban J connectivity index is 2.31. The lowest BCUT2D eigenvalue weighted by Crippen LogP contribution is -2.07. The van der Waals surface area contributed by atoms with Crippen LogP contribution in [0.1, 0.15) is 31.5 Å². The molecule has 0 saturated heterocycles. The lowest BCUT2D eigenvalue weighted by molar-refractivity contribution is 0.426. The zero-order valence-corrected chi connectivity index (χ0v) is 11.0. The van der Waals surface area contributed by atoms with Crippen LogP contribution >= 0.6 is 22.9 Å². The molecule has 5 heteroatoms. The highest BCUT2D eigenvalue weighted by atomic mass is 35.5. The Morgan fingerprint density at radius 3 is 2.62 bits per heavy atom. The van der Waals surface area contributed by atoms with Gasteiger partial charge in [0, 0.05) is 4.88 Å². The van der Waals surface area contributed by atoms with E-state index in [4.69, 9.17) is 16.1 Å². The van der Waals surface area contributed by atoms with Gasteiger partial charge in [0.05, 0.1) is 10.8 Å². The fourth-order valence-electron chi connectivity index (χ4n) is 1.26. The molecule has 0 bridgehead atoms. The third-order valence-corrected chi connectivity index (χ3v) is 3.88. The number of thiophene rings is 1. The smallest absolute Gasteiger partial charge is 0.268 e. The molecule has 0 spiro atoms. The summed E-state index contributed by atoms with van der Waals surface area (Å²) in [4.78, 5) is 6.49. The molecule has 0 aliphatic rings. The summed E-state index contributed by atoms with van der Waals surface area (Å²) in [5.74, 6) is 1.36. The monoisotopic (exact) mass is 256 g/mol. The van der Waals surface area contributed by atoms with Crippen molar-refractivity contribution >= 4 is 22.9 Å². The molecule has 0 atom stereocenters. The van der Waals surface area contributed by atoms with Gasteiger partial charge in [0.25, 0.3) is 5.89 Å². The maximum absolute atomic E-state index is 5.62. The van der Waals surface area contributed by atoms with Gasteiger partial charge in [-0.1, -0.05) is 25.9 Å². The lowest BCUT2D eigenvalue weighted by atomic mass is 9.95. The van der Waals surface area contributed by atoms with E-state index in [1.165, 1.54) is 4.88 Å². The number of aromatic nitrogens is 2. The van der Waals surface area contributed by atoms with Gasteiger partial charge in [0.15, 0.2) is 5.82 Å². The molecule has 86 valence electrons. The van der Waals surface area contributed by atoms with Crippen LogP contribution in [0.25, 0.3) is 10.8 Å². The zero-order valence-electron chi connectivity index (χ0n) is 9.45. The van der Waals surface area contributed by atoms with E-state index in [0.29, 0.717) is 11.7 Å². The van der Waals surface area contributed by atoms with Crippen molar-refractivity contribution in [2.45, 2.75) is 32.1 Å². The normalized spacial score (nSPS) is 12.0. The molecule has 3 nitrogen and oxygen atoms in total. The van der Waals surface area contributed by atoms with Crippen LogP contribution in [0, 0.1) is 0 Å². The molecule has 2 aromatic rings. The quantitative estimate of drug-likeness (QED) is 0.767. The van der Waals surface area contributed by atoms with Crippen molar-refractivity contribution in [2.24, 2.45) is 0 Å². The molecule has 0 N–H and O–H groups in total. The molecular formula is C11H13ClN2OS. The minimum atomic E-state index is 0.151. The summed E-state index contributed by atoms with van der Waals surface area (Å²) < 4.78 is 5.13. The van der Waals surface area contributed by atoms with Crippen molar-refractivity contribution in [2.75, 3.05) is 0 Å². The van der Waals surface area contributed by atoms with E-state index in [9.17, 15) is 0 Å². The van der Waals surface area contributed by atoms with Crippen molar-refractivity contribution in [1.82, 2.24) is 10.1 Å². The Kier molecular flexibility index (Phi) is 3.04. The molecule has 2 rings (SSSR count). The van der Waals surface area contributed by atoms with E-state index in [2.05, 4.69) is 37.0 Å². The molecular weight excluding hydrogens is 244 g/mol. The van der Waals surface area contributed by atoms with E-state index < -0.39 is 0 Å². The minimum Gasteiger partial charge on any atom is -0.333 e. The summed E-state index contributed by atoms with van der Waals surface area (Å²) in [6, 6.07) is 4.11. The number of halogens is 1. The van der Waals surface area contributed by atoms with Crippen LogP contribution in [0.3, 0.4) is 0 Å². The van der Waals surface area contributed by atoms with Gasteiger partial charge < -0.3 is 4.52 Å². The van der Waals surface area contributed by atoms with Crippen molar-refractivity contribution in [3.05, 3.63) is 22.8 Å². The van der Waals surface area contributed by atoms with Crippen molar-refractivity contribution in [1.29, 1.82) is 0 Å². The Labute approximate surface area is 103 Å². The van der Waals surface area contributed by atoms with E-state index in [1.807, 2.05) is 6.07 Å². The Bertz CT molecular complexity index is 484. The highest BCUT2D eigenvalue weighted by molar-refractivity contribution is 7.15. The molecule has 0 amide bonds. The number of hydrogen-bond donors (Lipinski definition) is 0. The molecule has 0 unspecified atom stereocenters. The van der Waals surface area contributed by atoms with Gasteiger partial charge in [0.1, 0.15) is 0 Å². The predicted molar refractivity (Wildman–Crippen MR) is 65.9 cm³/mol. The molecule has 0 fully saturated rings. The Hall–Kier alpha value is -0.870. The largest absolute Gasteiger partial charge is 0.333 e. The van der Waals surface area contributed by atoms with Crippen LogP contribution in [0.5, 0.6) is 0 Å². The second kappa shape index (κ2) is 4.18. The summed E-state index contributed by atoms with van der Waals surface area (Å²) in [6.07, 6.45) is 0. The predicted octanol–water partition coefficient (Wildman–Crippen LogP) is 3.83. The zero-order chi connectivity index (χ0) is 11.8. The summed E-state index contributed by atoms with van der Waals surface area (Å²) in [5.41, 5.74) is 0.151. The molecule has 0 aliphatic carbocycles. The lowest BCUT2D eigenvalue weighted by Gasteiger charge is -2.14. The second-order valence-corrected chi connectivity index (χ2v) is 5.91. The average molecular weight is 257 g/mol. The van der Waals surface area contributed by atoms with Gasteiger partial charge in [-0.05, 0) is 17.5 Å². The molecule has 0 aliphatic heterocycles. The van der Waals surface area contributed by atoms with Crippen molar-refractivity contribution < 1.29 is 4.52 Å². The van der Waals surface area contributed by atoms with Crippen LogP contribution in [-0.2, 0) is 11.3 Å². The first kappa shape index (κ1) is 11.6. The first-order valence-corrected chi connectivity index (χ1v) is 6.35. The third-order valence-electron chi connectivity index (χ3n) is 2.14. The first-order chi connectivity index (χ1) is 7.50. The summed E-state index contributed by atoms with van der Waals surface area (Å²) in [7, 11) is 0. The van der Waals surface area contributed by atoms with Crippen LogP contribution in [0.4, 0.5) is 0 Å². The molecule has 0 radical (unpaired) electrons. The fraction of sp³-hybridized carbons (Fsp3) is 0.455. The van der Waals surface area contributed by atoms with Gasteiger partial charge in [-0.3, -0.25) is 0 Å². The van der Waals surface area contributed by atoms with Crippen LogP contribution in [-0.4, -0.2) is 10.1 Å². The Morgan fingerprint density at radius 1 is 1.38 bits per heavy atom. The van der Waals surface area contributed by atoms with E-state index in [-0.39, 0.29) is 11.3 Å². The summed E-state index contributed by atoms with van der Waals surface area (Å²) in [5, 5.41) is 3.77. The van der Waals surface area contributed by atoms with Crippen LogP contribution in [0.2, 0.25) is 0 Å². The maximum Gasteiger partial charge on any atom is 0.268 e. The van der Waals surface area contributed by atoms with Gasteiger partial charge in [-0.25, -0.2) is 0 Å². The number of rotatable bonds is 2. The van der Waals surface area contributed by atoms with Gasteiger partial charge in [0.2, 0.25) is 0 Å².